The minimum absolute atomic E-state index is 0.0807. The van der Waals surface area contributed by atoms with E-state index in [4.69, 9.17) is 25.7 Å². The second-order valence-electron chi connectivity index (χ2n) is 18.0. The van der Waals surface area contributed by atoms with Crippen LogP contribution in [0.2, 0.25) is 0 Å². The first kappa shape index (κ1) is 90.8. The first-order valence-electron chi connectivity index (χ1n) is 32.1. The molecule has 0 spiro atoms. The van der Waals surface area contributed by atoms with Gasteiger partial charge in [0.25, 0.3) is 0 Å². The molecule has 0 atom stereocenters. The van der Waals surface area contributed by atoms with E-state index in [9.17, 15) is 0 Å². The molecule has 0 heteroatoms. The van der Waals surface area contributed by atoms with Crippen LogP contribution in [-0.2, 0) is 6.42 Å². The van der Waals surface area contributed by atoms with Crippen molar-refractivity contribution in [1.29, 1.82) is 0 Å². The van der Waals surface area contributed by atoms with Crippen molar-refractivity contribution in [1.82, 2.24) is 0 Å². The van der Waals surface area contributed by atoms with Crippen LogP contribution in [0.1, 0.15) is 83.3 Å². The van der Waals surface area contributed by atoms with Gasteiger partial charge in [-0.15, -0.1) is 25.7 Å². The topological polar surface area (TPSA) is 0 Å². The molecule has 0 heterocycles. The zero-order valence-electron chi connectivity index (χ0n) is 63.0. The highest BCUT2D eigenvalue weighted by Gasteiger charge is 2.34. The molecule has 1 aliphatic rings. The molecule has 0 saturated heterocycles. The highest BCUT2D eigenvalue weighted by Crippen LogP contribution is 2.48. The SMILES string of the molecule is C#CC#CC#CC#CC#CC#CC#CC#Cc1c(C#CC#CC#CC#CC#CC#CC#CC)c(C#CC#CC#CC#CC#CC#CC#C)c2c(c1C#CC#CC#CC#CC#CC#CC#CC#CC)Cc1c(C#CC#CC#CC#CC#C)c(C#CC#CC#CC#CC#CC)c(C#CC#CC#CC#CC#CC#C)c(C#CC#CC#CC#CC#CC#CC)c1-2. The third kappa shape index (κ3) is 42.9. The number of hydrogen-bond acceptors (Lipinski definition) is 0. The quantitative estimate of drug-likeness (QED) is 0.284. The van der Waals surface area contributed by atoms with Crippen molar-refractivity contribution in [3.8, 4) is 629 Å². The lowest BCUT2D eigenvalue weighted by Gasteiger charge is -2.16. The molecule has 121 heavy (non-hydrogen) atoms. The molecular formula is C121H18. The highest BCUT2D eigenvalue weighted by molar-refractivity contribution is 5.96. The third-order valence-corrected chi connectivity index (χ3v) is 10.8. The van der Waals surface area contributed by atoms with Crippen LogP contribution in [-0.4, -0.2) is 0 Å². The smallest absolute Gasteiger partial charge is 0.0588 e. The Morgan fingerprint density at radius 3 is 0.372 bits per heavy atom. The van der Waals surface area contributed by atoms with Crippen LogP contribution in [0, 0.1) is 618 Å². The molecule has 0 N–H and O–H groups in total. The van der Waals surface area contributed by atoms with Gasteiger partial charge in [-0.05, 0) is 560 Å². The second-order valence-corrected chi connectivity index (χ2v) is 18.0. The maximum Gasteiger partial charge on any atom is 0.0588 e. The van der Waals surface area contributed by atoms with Gasteiger partial charge in [-0.25, -0.2) is 0 Å². The summed E-state index contributed by atoms with van der Waals surface area (Å²) in [5, 5.41) is 0. The van der Waals surface area contributed by atoms with E-state index in [2.05, 4.69) is 592 Å². The van der Waals surface area contributed by atoms with Crippen molar-refractivity contribution in [2.45, 2.75) is 34.1 Å². The zero-order valence-corrected chi connectivity index (χ0v) is 63.0. The first-order chi connectivity index (χ1) is 60.1. The molecule has 0 fully saturated rings. The summed E-state index contributed by atoms with van der Waals surface area (Å²) in [5.41, 5.74) is 2.59. The van der Waals surface area contributed by atoms with Crippen molar-refractivity contribution in [3.05, 3.63) is 55.6 Å². The van der Waals surface area contributed by atoms with Crippen LogP contribution in [0.3, 0.4) is 0 Å². The minimum atomic E-state index is -0.0908. The molecule has 0 aliphatic heterocycles. The lowest BCUT2D eigenvalue weighted by atomic mass is 9.83. The molecule has 0 radical (unpaired) electrons. The van der Waals surface area contributed by atoms with Gasteiger partial charge in [0.15, 0.2) is 0 Å². The monoisotopic (exact) mass is 1470 g/mol. The van der Waals surface area contributed by atoms with E-state index in [0.29, 0.717) is 22.3 Å². The predicted octanol–water partition coefficient (Wildman–Crippen LogP) is 4.82. The largest absolute Gasteiger partial charge is 0.106 e. The van der Waals surface area contributed by atoms with Gasteiger partial charge in [-0.3, -0.25) is 0 Å². The second kappa shape index (κ2) is 67.4. The van der Waals surface area contributed by atoms with E-state index in [1.165, 1.54) is 0 Å². The van der Waals surface area contributed by atoms with Gasteiger partial charge in [0.05, 0.1) is 33.4 Å². The number of rotatable bonds is 0. The summed E-state index contributed by atoms with van der Waals surface area (Å²) in [4.78, 5) is 0. The Bertz CT molecular complexity index is 8710. The molecular weight excluding hydrogens is 1450 g/mol. The van der Waals surface area contributed by atoms with E-state index in [-0.39, 0.29) is 50.9 Å². The zero-order chi connectivity index (χ0) is 86.3. The molecule has 0 saturated carbocycles. The van der Waals surface area contributed by atoms with Crippen LogP contribution in [0.25, 0.3) is 11.1 Å². The van der Waals surface area contributed by atoms with Gasteiger partial charge in [-0.1, -0.05) is 71.0 Å². The van der Waals surface area contributed by atoms with Crippen LogP contribution < -0.4 is 0 Å². The molecule has 0 bridgehead atoms. The summed E-state index contributed by atoms with van der Waals surface area (Å²) in [6.07, 6.45) is 20.8. The normalized spacial score (nSPS) is 5.42. The van der Waals surface area contributed by atoms with Crippen molar-refractivity contribution < 1.29 is 0 Å². The fourth-order valence-electron chi connectivity index (χ4n) is 6.98. The number of terminal acetylenes is 4. The first-order valence-corrected chi connectivity index (χ1v) is 32.1. The van der Waals surface area contributed by atoms with Gasteiger partial charge in [-0.2, -0.15) is 0 Å². The molecule has 2 aromatic carbocycles. The van der Waals surface area contributed by atoms with Crippen LogP contribution in [0.5, 0.6) is 0 Å². The highest BCUT2D eigenvalue weighted by atomic mass is 14.3. The number of hydrogen-bond donors (Lipinski definition) is 0. The van der Waals surface area contributed by atoms with E-state index in [1.807, 2.05) is 0 Å². The Kier molecular flexibility index (Phi) is 50.6. The molecule has 0 aromatic heterocycles. The summed E-state index contributed by atoms with van der Waals surface area (Å²) in [7, 11) is 0. The molecule has 0 unspecified atom stereocenters. The van der Waals surface area contributed by atoms with Gasteiger partial charge in [0, 0.05) is 28.7 Å². The minimum Gasteiger partial charge on any atom is -0.106 e. The van der Waals surface area contributed by atoms with Gasteiger partial charge < -0.3 is 0 Å². The lowest BCUT2D eigenvalue weighted by Crippen LogP contribution is -2.04. The van der Waals surface area contributed by atoms with Gasteiger partial charge in [0.2, 0.25) is 0 Å². The Morgan fingerprint density at radius 2 is 0.231 bits per heavy atom. The Hall–Kier alpha value is -24.4. The molecule has 3 rings (SSSR count). The van der Waals surface area contributed by atoms with Crippen LogP contribution >= 0.6 is 0 Å². The average Bonchev–Trinajstić information content (AvgIpc) is 1.57. The fraction of sp³-hybridized carbons (Fsp3) is 0.0413. The van der Waals surface area contributed by atoms with Crippen LogP contribution in [0.15, 0.2) is 0 Å². The van der Waals surface area contributed by atoms with Crippen molar-refractivity contribution in [2.75, 3.05) is 0 Å². The summed E-state index contributed by atoms with van der Waals surface area (Å²) >= 11 is 0. The Labute approximate surface area is 713 Å². The Morgan fingerprint density at radius 1 is 0.124 bits per heavy atom. The molecule has 2 aromatic rings. The molecule has 1 aliphatic carbocycles. The molecule has 0 nitrogen and oxygen atoms in total. The lowest BCUT2D eigenvalue weighted by molar-refractivity contribution is 1.22. The molecule has 0 amide bonds. The number of fused-ring (bicyclic) bond motifs is 3. The summed E-state index contributed by atoms with van der Waals surface area (Å²) in [6.45, 7) is 6.57. The maximum atomic E-state index is 5.33. The Balaban J connectivity index is 3.26. The fourth-order valence-corrected chi connectivity index (χ4v) is 6.98. The third-order valence-electron chi connectivity index (χ3n) is 10.8. The standard InChI is InChI=1S/C121H18/c1-9-17-25-33-41-49-55-59-61-64-69-74-82-90-98-106-115-111(102-94-86-79-72-68-63-60-56-50-42-34-26-18-10-2)113(104-96-88-81-73-67-62-57-51-43-35-27-19-11-3)117(108-100-92-84-76-66-58-52-44-36-28-20-12-4)121-119(115)109-118-114(105-97-89-77-48-40-32-24-16-8)110(101-93-85-78-70-47-39-31-23-15-7)112(103-95-87-80-71-54-46-38-30-22-14-6)116(120(118)121)107-99-91-83-75-65-53-45-37-29-21-13-5/h2,4,6,8H,109H2,1,3,5,7H3. The predicted molar refractivity (Wildman–Crippen MR) is 479 cm³/mol. The summed E-state index contributed by atoms with van der Waals surface area (Å²) in [6, 6.07) is 0. The summed E-state index contributed by atoms with van der Waals surface area (Å²) in [5.74, 6) is 266. The molecule has 502 valence electrons. The van der Waals surface area contributed by atoms with Gasteiger partial charge in [0.1, 0.15) is 0 Å². The van der Waals surface area contributed by atoms with Gasteiger partial charge >= 0.3 is 0 Å². The maximum absolute atomic E-state index is 5.33. The van der Waals surface area contributed by atoms with Crippen LogP contribution in [0.4, 0.5) is 0 Å². The summed E-state index contributed by atoms with van der Waals surface area (Å²) < 4.78 is 0. The number of benzene rings is 2. The van der Waals surface area contributed by atoms with E-state index >= 15 is 0 Å². The van der Waals surface area contributed by atoms with E-state index < -0.39 is 0 Å². The van der Waals surface area contributed by atoms with Crippen molar-refractivity contribution in [2.24, 2.45) is 0 Å². The average molecular weight is 1470 g/mol. The van der Waals surface area contributed by atoms with Crippen molar-refractivity contribution >= 4 is 0 Å². The van der Waals surface area contributed by atoms with E-state index in [0.717, 1.165) is 0 Å². The van der Waals surface area contributed by atoms with Crippen molar-refractivity contribution in [3.63, 3.8) is 0 Å². The van der Waals surface area contributed by atoms with E-state index in [1.54, 1.807) is 27.7 Å².